The maximum absolute atomic E-state index is 14.1. The van der Waals surface area contributed by atoms with Gasteiger partial charge in [-0.15, -0.1) is 0 Å². The van der Waals surface area contributed by atoms with Crippen LogP contribution in [0.15, 0.2) is 36.4 Å². The Labute approximate surface area is 209 Å². The Balaban J connectivity index is 1.72. The fourth-order valence-corrected chi connectivity index (χ4v) is 4.39. The molecule has 0 saturated heterocycles. The van der Waals surface area contributed by atoms with Crippen molar-refractivity contribution in [3.8, 4) is 11.5 Å². The second kappa shape index (κ2) is 9.50. The number of halogens is 5. The average molecular weight is 529 g/mol. The summed E-state index contributed by atoms with van der Waals surface area (Å²) < 4.78 is 53.4. The first-order valence-corrected chi connectivity index (χ1v) is 11.2. The summed E-state index contributed by atoms with van der Waals surface area (Å²) in [4.78, 5) is 12.9. The smallest absolute Gasteiger partial charge is 0.410 e. The molecule has 2 heterocycles. The molecule has 4 rings (SSSR count). The van der Waals surface area contributed by atoms with Crippen molar-refractivity contribution in [2.24, 2.45) is 0 Å². The van der Waals surface area contributed by atoms with Crippen LogP contribution in [0.1, 0.15) is 40.1 Å². The fourth-order valence-electron chi connectivity index (χ4n) is 3.95. The maximum Gasteiger partial charge on any atom is 0.410 e. The number of aryl methyl sites for hydroxylation is 1. The summed E-state index contributed by atoms with van der Waals surface area (Å²) in [5, 5.41) is 9.58. The highest BCUT2D eigenvalue weighted by molar-refractivity contribution is 6.37. The number of hydrogen-bond donors (Lipinski definition) is 2. The van der Waals surface area contributed by atoms with Crippen molar-refractivity contribution in [2.75, 3.05) is 24.9 Å². The van der Waals surface area contributed by atoms with E-state index in [2.05, 4.69) is 15.7 Å². The molecule has 0 saturated carbocycles. The maximum atomic E-state index is 14.1. The van der Waals surface area contributed by atoms with Gasteiger partial charge >= 0.3 is 6.18 Å². The van der Waals surface area contributed by atoms with Crippen LogP contribution in [0, 0.1) is 6.92 Å². The summed E-state index contributed by atoms with van der Waals surface area (Å²) in [6.07, 6.45) is -5.02. The van der Waals surface area contributed by atoms with Gasteiger partial charge in [0.05, 0.1) is 31.0 Å². The van der Waals surface area contributed by atoms with Gasteiger partial charge in [0.15, 0.2) is 23.2 Å². The van der Waals surface area contributed by atoms with Crippen LogP contribution in [0.5, 0.6) is 11.5 Å². The lowest BCUT2D eigenvalue weighted by atomic mass is 9.96. The zero-order chi connectivity index (χ0) is 25.5. The minimum Gasteiger partial charge on any atom is -0.493 e. The van der Waals surface area contributed by atoms with Crippen molar-refractivity contribution < 1.29 is 27.4 Å². The third-order valence-corrected chi connectivity index (χ3v) is 6.62. The van der Waals surface area contributed by atoms with Crippen LogP contribution in [-0.2, 0) is 0 Å². The van der Waals surface area contributed by atoms with Gasteiger partial charge < -0.3 is 20.1 Å². The number of rotatable bonds is 5. The summed E-state index contributed by atoms with van der Waals surface area (Å²) in [7, 11) is 2.90. The Morgan fingerprint density at radius 2 is 1.86 bits per heavy atom. The predicted octanol–water partition coefficient (Wildman–Crippen LogP) is 6.43. The van der Waals surface area contributed by atoms with Crippen molar-refractivity contribution in [2.45, 2.75) is 31.6 Å². The number of nitrogens with one attached hydrogen (secondary N) is 2. The number of amides is 1. The molecule has 3 aromatic rings. The molecule has 0 bridgehead atoms. The molecule has 7 nitrogen and oxygen atoms in total. The summed E-state index contributed by atoms with van der Waals surface area (Å²) in [6.45, 7) is 1.76. The summed E-state index contributed by atoms with van der Waals surface area (Å²) >= 11 is 12.6. The molecule has 2 atom stereocenters. The summed E-state index contributed by atoms with van der Waals surface area (Å²) in [5.41, 5.74) is 1.19. The van der Waals surface area contributed by atoms with Crippen molar-refractivity contribution in [3.05, 3.63) is 63.3 Å². The quantitative estimate of drug-likeness (QED) is 0.399. The molecule has 12 heteroatoms. The molecule has 0 spiro atoms. The Morgan fingerprint density at radius 3 is 2.51 bits per heavy atom. The molecule has 1 amide bonds. The number of carbonyl (C=O) groups is 1. The van der Waals surface area contributed by atoms with Gasteiger partial charge in [-0.25, -0.2) is 4.68 Å². The van der Waals surface area contributed by atoms with Gasteiger partial charge in [0.1, 0.15) is 10.8 Å². The highest BCUT2D eigenvalue weighted by Crippen LogP contribution is 2.47. The lowest BCUT2D eigenvalue weighted by Crippen LogP contribution is -2.35. The number of alkyl halides is 3. The molecular weight excluding hydrogens is 508 g/mol. The molecule has 1 aromatic heterocycles. The molecule has 35 heavy (non-hydrogen) atoms. The molecule has 0 fully saturated rings. The number of fused-ring (bicyclic) bond motifs is 1. The predicted molar refractivity (Wildman–Crippen MR) is 127 cm³/mol. The Bertz CT molecular complexity index is 1280. The number of methoxy groups -OCH3 is 2. The Hall–Kier alpha value is -3.11. The van der Waals surface area contributed by atoms with Gasteiger partial charge in [-0.2, -0.15) is 18.3 Å². The van der Waals surface area contributed by atoms with E-state index in [0.717, 1.165) is 5.56 Å². The van der Waals surface area contributed by atoms with Crippen molar-refractivity contribution in [1.29, 1.82) is 0 Å². The van der Waals surface area contributed by atoms with E-state index in [1.165, 1.54) is 14.2 Å². The van der Waals surface area contributed by atoms with E-state index >= 15 is 0 Å². The first-order chi connectivity index (χ1) is 16.5. The zero-order valence-corrected chi connectivity index (χ0v) is 20.3. The Kier molecular flexibility index (Phi) is 6.79. The SMILES string of the molecule is COc1ccc([C@@H]2C[C@@H](C(F)(F)F)n3nc(C(=O)Nc4cccc(C)c4Cl)c(Cl)c3N2)cc1OC. The number of aromatic nitrogens is 2. The second-order valence-corrected chi connectivity index (χ2v) is 8.71. The first kappa shape index (κ1) is 25.0. The van der Waals surface area contributed by atoms with Crippen LogP contribution < -0.4 is 20.1 Å². The van der Waals surface area contributed by atoms with E-state index in [4.69, 9.17) is 32.7 Å². The van der Waals surface area contributed by atoms with E-state index in [9.17, 15) is 18.0 Å². The van der Waals surface area contributed by atoms with Crippen LogP contribution >= 0.6 is 23.2 Å². The van der Waals surface area contributed by atoms with E-state index < -0.39 is 24.2 Å². The lowest BCUT2D eigenvalue weighted by molar-refractivity contribution is -0.173. The van der Waals surface area contributed by atoms with Gasteiger partial charge in [-0.3, -0.25) is 4.79 Å². The molecule has 186 valence electrons. The van der Waals surface area contributed by atoms with Gasteiger partial charge in [0.25, 0.3) is 5.91 Å². The topological polar surface area (TPSA) is 77.4 Å². The number of carbonyl (C=O) groups excluding carboxylic acids is 1. The van der Waals surface area contributed by atoms with Crippen LogP contribution in [0.25, 0.3) is 0 Å². The average Bonchev–Trinajstić information content (AvgIpc) is 3.16. The number of nitrogens with zero attached hydrogens (tertiary/aromatic N) is 2. The number of hydrogen-bond acceptors (Lipinski definition) is 5. The first-order valence-electron chi connectivity index (χ1n) is 10.4. The molecule has 0 radical (unpaired) electrons. The van der Waals surface area contributed by atoms with E-state index in [0.29, 0.717) is 32.5 Å². The Morgan fingerprint density at radius 1 is 1.14 bits per heavy atom. The van der Waals surface area contributed by atoms with Gasteiger partial charge in [0.2, 0.25) is 0 Å². The third-order valence-electron chi connectivity index (χ3n) is 5.76. The van der Waals surface area contributed by atoms with Gasteiger partial charge in [-0.05, 0) is 36.2 Å². The highest BCUT2D eigenvalue weighted by atomic mass is 35.5. The van der Waals surface area contributed by atoms with Crippen molar-refractivity contribution >= 4 is 40.6 Å². The standard InChI is InChI=1S/C23H21Cl2F3N4O3/c1-11-5-4-6-13(18(11)24)30-22(33)20-19(25)21-29-14(10-17(23(26,27)28)32(21)31-20)12-7-8-15(34-2)16(9-12)35-3/h4-9,14,17,29H,10H2,1-3H3,(H,30,33)/t14-,17-/m0/s1. The van der Waals surface area contributed by atoms with Gasteiger partial charge in [0, 0.05) is 6.42 Å². The van der Waals surface area contributed by atoms with Crippen molar-refractivity contribution in [1.82, 2.24) is 9.78 Å². The van der Waals surface area contributed by atoms with E-state index in [1.807, 2.05) is 0 Å². The van der Waals surface area contributed by atoms with E-state index in [1.54, 1.807) is 43.3 Å². The zero-order valence-electron chi connectivity index (χ0n) is 18.8. The van der Waals surface area contributed by atoms with E-state index in [-0.39, 0.29) is 23.0 Å². The normalized spacial score (nSPS) is 17.4. The second-order valence-electron chi connectivity index (χ2n) is 7.95. The largest absolute Gasteiger partial charge is 0.493 e. The van der Waals surface area contributed by atoms with Crippen LogP contribution in [0.2, 0.25) is 10.0 Å². The fraction of sp³-hybridized carbons (Fsp3) is 0.304. The number of ether oxygens (including phenoxy) is 2. The minimum absolute atomic E-state index is 0.111. The summed E-state index contributed by atoms with van der Waals surface area (Å²) in [6, 6.07) is 7.05. The summed E-state index contributed by atoms with van der Waals surface area (Å²) in [5.74, 6) is -0.0813. The van der Waals surface area contributed by atoms with Crippen LogP contribution in [0.3, 0.4) is 0 Å². The molecule has 2 N–H and O–H groups in total. The molecule has 1 aliphatic rings. The third kappa shape index (κ3) is 4.72. The molecule has 0 aliphatic carbocycles. The molecule has 1 aliphatic heterocycles. The highest BCUT2D eigenvalue weighted by Gasteiger charge is 2.48. The molecule has 0 unspecified atom stereocenters. The molecule has 2 aromatic carbocycles. The minimum atomic E-state index is -4.64. The van der Waals surface area contributed by atoms with Crippen LogP contribution in [0.4, 0.5) is 24.7 Å². The van der Waals surface area contributed by atoms with Crippen LogP contribution in [-0.4, -0.2) is 36.1 Å². The van der Waals surface area contributed by atoms with Crippen molar-refractivity contribution in [3.63, 3.8) is 0 Å². The monoisotopic (exact) mass is 528 g/mol. The van der Waals surface area contributed by atoms with Gasteiger partial charge in [-0.1, -0.05) is 41.4 Å². The molecular formula is C23H21Cl2F3N4O3. The number of anilines is 2. The number of benzene rings is 2. The lowest BCUT2D eigenvalue weighted by Gasteiger charge is -2.33.